The zero-order chi connectivity index (χ0) is 12.5. The molecule has 0 aromatic carbocycles. The Morgan fingerprint density at radius 1 is 1.12 bits per heavy atom. The van der Waals surface area contributed by atoms with E-state index in [-0.39, 0.29) is 0 Å². The van der Waals surface area contributed by atoms with E-state index in [2.05, 4.69) is 9.26 Å². The summed E-state index contributed by atoms with van der Waals surface area (Å²) < 4.78 is 19.2. The lowest BCUT2D eigenvalue weighted by molar-refractivity contribution is -0.280. The summed E-state index contributed by atoms with van der Waals surface area (Å²) >= 11 is 0. The van der Waals surface area contributed by atoms with Crippen molar-refractivity contribution in [2.75, 3.05) is 6.61 Å². The van der Waals surface area contributed by atoms with E-state index in [1.54, 1.807) is 0 Å². The van der Waals surface area contributed by atoms with Crippen molar-refractivity contribution in [1.82, 2.24) is 0 Å². The van der Waals surface area contributed by atoms with E-state index in [0.29, 0.717) is 0 Å². The Morgan fingerprint density at radius 3 is 2.12 bits per heavy atom. The van der Waals surface area contributed by atoms with Crippen LogP contribution in [0.2, 0.25) is 0 Å². The van der Waals surface area contributed by atoms with Crippen LogP contribution in [0.5, 0.6) is 0 Å². The van der Waals surface area contributed by atoms with E-state index in [9.17, 15) is 19.9 Å². The Labute approximate surface area is 90.1 Å². The zero-order valence-electron chi connectivity index (χ0n) is 7.95. The average molecular weight is 260 g/mol. The summed E-state index contributed by atoms with van der Waals surface area (Å²) in [4.78, 5) is 17.0. The molecule has 1 saturated heterocycles. The summed E-state index contributed by atoms with van der Waals surface area (Å²) in [5, 5.41) is 36.6. The monoisotopic (exact) mass is 260 g/mol. The largest absolute Gasteiger partial charge is 0.472 e. The number of aliphatic hydroxyl groups excluding tert-OH is 4. The fourth-order valence-electron chi connectivity index (χ4n) is 1.29. The topological polar surface area (TPSA) is 157 Å². The van der Waals surface area contributed by atoms with E-state index in [1.165, 1.54) is 0 Å². The van der Waals surface area contributed by atoms with Crippen LogP contribution in [0.4, 0.5) is 0 Å². The summed E-state index contributed by atoms with van der Waals surface area (Å²) in [5.74, 6) is 0. The van der Waals surface area contributed by atoms with Gasteiger partial charge in [0, 0.05) is 0 Å². The van der Waals surface area contributed by atoms with Crippen molar-refractivity contribution in [1.29, 1.82) is 0 Å². The van der Waals surface area contributed by atoms with Crippen LogP contribution in [0.25, 0.3) is 0 Å². The molecule has 0 radical (unpaired) electrons. The van der Waals surface area contributed by atoms with Crippen LogP contribution >= 0.6 is 7.82 Å². The molecular formula is C6H13O9P. The lowest BCUT2D eigenvalue weighted by Gasteiger charge is -2.39. The SMILES string of the molecule is O=P(O)(O)O[C@H]1O[C@@H](CO)[C@H](O)[C@H](O)[C@@H]1O. The Morgan fingerprint density at radius 2 is 1.69 bits per heavy atom. The second-order valence-corrected chi connectivity index (χ2v) is 4.49. The quantitative estimate of drug-likeness (QED) is 0.289. The first-order valence-corrected chi connectivity index (χ1v) is 5.83. The molecule has 0 aromatic rings. The van der Waals surface area contributed by atoms with Gasteiger partial charge in [0.05, 0.1) is 6.61 Å². The molecule has 9 nitrogen and oxygen atoms in total. The molecule has 1 aliphatic heterocycles. The van der Waals surface area contributed by atoms with E-state index in [4.69, 9.17) is 14.9 Å². The van der Waals surface area contributed by atoms with Gasteiger partial charge in [0.1, 0.15) is 24.4 Å². The van der Waals surface area contributed by atoms with Crippen LogP contribution in [-0.4, -0.2) is 67.5 Å². The number of hydrogen-bond acceptors (Lipinski definition) is 7. The maximum Gasteiger partial charge on any atom is 0.472 e. The molecule has 0 spiro atoms. The van der Waals surface area contributed by atoms with Crippen molar-refractivity contribution in [3.8, 4) is 0 Å². The van der Waals surface area contributed by atoms with Crippen LogP contribution in [0.15, 0.2) is 0 Å². The first-order valence-electron chi connectivity index (χ1n) is 4.30. The minimum Gasteiger partial charge on any atom is -0.394 e. The minimum absolute atomic E-state index is 0.702. The highest BCUT2D eigenvalue weighted by atomic mass is 31.2. The summed E-state index contributed by atoms with van der Waals surface area (Å²) in [5.41, 5.74) is 0. The van der Waals surface area contributed by atoms with Crippen molar-refractivity contribution >= 4 is 7.82 Å². The fraction of sp³-hybridized carbons (Fsp3) is 1.00. The van der Waals surface area contributed by atoms with Crippen molar-refractivity contribution in [3.05, 3.63) is 0 Å². The van der Waals surface area contributed by atoms with Gasteiger partial charge in [0.25, 0.3) is 0 Å². The van der Waals surface area contributed by atoms with Crippen LogP contribution in [0.3, 0.4) is 0 Å². The molecule has 1 fully saturated rings. The normalized spacial score (nSPS) is 41.0. The zero-order valence-corrected chi connectivity index (χ0v) is 8.84. The molecule has 16 heavy (non-hydrogen) atoms. The average Bonchev–Trinajstić information content (AvgIpc) is 2.17. The van der Waals surface area contributed by atoms with Crippen molar-refractivity contribution < 1.29 is 44.0 Å². The molecule has 1 rings (SSSR count). The molecule has 0 unspecified atom stereocenters. The van der Waals surface area contributed by atoms with Gasteiger partial charge in [-0.15, -0.1) is 0 Å². The third-order valence-corrected chi connectivity index (χ3v) is 2.57. The third kappa shape index (κ3) is 3.20. The Balaban J connectivity index is 2.75. The van der Waals surface area contributed by atoms with Crippen LogP contribution in [0.1, 0.15) is 0 Å². The smallest absolute Gasteiger partial charge is 0.394 e. The Kier molecular flexibility index (Phi) is 4.41. The van der Waals surface area contributed by atoms with Gasteiger partial charge in [-0.2, -0.15) is 0 Å². The molecule has 5 atom stereocenters. The molecule has 0 aromatic heterocycles. The van der Waals surface area contributed by atoms with E-state index >= 15 is 0 Å². The molecule has 0 amide bonds. The van der Waals surface area contributed by atoms with Gasteiger partial charge in [-0.3, -0.25) is 4.52 Å². The number of phosphoric acid groups is 1. The van der Waals surface area contributed by atoms with Gasteiger partial charge in [0.15, 0.2) is 6.29 Å². The van der Waals surface area contributed by atoms with Crippen LogP contribution < -0.4 is 0 Å². The van der Waals surface area contributed by atoms with E-state index in [0.717, 1.165) is 0 Å². The number of hydrogen-bond donors (Lipinski definition) is 6. The Bertz CT molecular complexity index is 275. The maximum absolute atomic E-state index is 10.5. The number of aliphatic hydroxyl groups is 4. The van der Waals surface area contributed by atoms with Gasteiger partial charge < -0.3 is 34.9 Å². The van der Waals surface area contributed by atoms with E-state index in [1.807, 2.05) is 0 Å². The standard InChI is InChI=1S/C6H13O9P/c7-1-2-3(8)4(9)5(10)6(14-2)15-16(11,12)13/h2-10H,1H2,(H2,11,12,13)/t2-,3-,4-,5-,6+/m0/s1. The van der Waals surface area contributed by atoms with Gasteiger partial charge >= 0.3 is 7.82 Å². The highest BCUT2D eigenvalue weighted by Crippen LogP contribution is 2.40. The van der Waals surface area contributed by atoms with Crippen molar-refractivity contribution in [2.45, 2.75) is 30.7 Å². The van der Waals surface area contributed by atoms with Crippen LogP contribution in [-0.2, 0) is 13.8 Å². The molecule has 1 heterocycles. The number of ether oxygens (including phenoxy) is 1. The lowest BCUT2D eigenvalue weighted by atomic mass is 10.00. The summed E-state index contributed by atoms with van der Waals surface area (Å²) in [6, 6.07) is 0. The van der Waals surface area contributed by atoms with Gasteiger partial charge in [0.2, 0.25) is 0 Å². The molecular weight excluding hydrogens is 247 g/mol. The molecule has 0 aliphatic carbocycles. The van der Waals surface area contributed by atoms with Crippen molar-refractivity contribution in [3.63, 3.8) is 0 Å². The van der Waals surface area contributed by atoms with Gasteiger partial charge in [-0.25, -0.2) is 4.57 Å². The fourth-order valence-corrected chi connectivity index (χ4v) is 1.73. The first kappa shape index (κ1) is 14.0. The third-order valence-electron chi connectivity index (χ3n) is 2.09. The molecule has 1 aliphatic rings. The Hall–Kier alpha value is -0.0900. The molecule has 96 valence electrons. The number of rotatable bonds is 3. The summed E-state index contributed by atoms with van der Waals surface area (Å²) in [7, 11) is -4.91. The second-order valence-electron chi connectivity index (χ2n) is 3.29. The minimum atomic E-state index is -4.91. The van der Waals surface area contributed by atoms with E-state index < -0.39 is 45.1 Å². The van der Waals surface area contributed by atoms with Crippen molar-refractivity contribution in [2.24, 2.45) is 0 Å². The van der Waals surface area contributed by atoms with Crippen LogP contribution in [0, 0.1) is 0 Å². The predicted octanol–water partition coefficient (Wildman–Crippen LogP) is -3.10. The maximum atomic E-state index is 10.5. The number of phosphoric ester groups is 1. The molecule has 6 N–H and O–H groups in total. The van der Waals surface area contributed by atoms with Gasteiger partial charge in [-0.05, 0) is 0 Å². The molecule has 10 heteroatoms. The summed E-state index contributed by atoms with van der Waals surface area (Å²) in [6.45, 7) is -0.702. The predicted molar refractivity (Wildman–Crippen MR) is 46.9 cm³/mol. The second kappa shape index (κ2) is 5.05. The highest BCUT2D eigenvalue weighted by Gasteiger charge is 2.46. The lowest BCUT2D eigenvalue weighted by Crippen LogP contribution is -2.58. The molecule has 0 bridgehead atoms. The molecule has 0 saturated carbocycles. The van der Waals surface area contributed by atoms with Gasteiger partial charge in [-0.1, -0.05) is 0 Å². The highest BCUT2D eigenvalue weighted by molar-refractivity contribution is 7.46. The first-order chi connectivity index (χ1) is 7.26. The summed E-state index contributed by atoms with van der Waals surface area (Å²) in [6.07, 6.45) is -8.25.